The minimum Gasteiger partial charge on any atom is -0.487 e. The number of carbonyl (C=O) groups excluding carboxylic acids is 1. The maximum Gasteiger partial charge on any atom is 0.203 e. The van der Waals surface area contributed by atoms with Gasteiger partial charge in [-0.1, -0.05) is 0 Å². The van der Waals surface area contributed by atoms with E-state index in [1.54, 1.807) is 0 Å². The third kappa shape index (κ3) is 2.59. The van der Waals surface area contributed by atoms with E-state index >= 15 is 0 Å². The molecule has 1 aliphatic heterocycles. The molecule has 104 valence electrons. The van der Waals surface area contributed by atoms with Crippen LogP contribution in [0.25, 0.3) is 0 Å². The molecule has 0 radical (unpaired) electrons. The molecule has 0 N–H and O–H groups in total. The van der Waals surface area contributed by atoms with Gasteiger partial charge in [0, 0.05) is 16.5 Å². The Morgan fingerprint density at radius 2 is 2.05 bits per heavy atom. The quantitative estimate of drug-likeness (QED) is 0.628. The second-order valence-electron chi connectivity index (χ2n) is 5.42. The molecule has 2 heterocycles. The Hall–Kier alpha value is -0.650. The lowest BCUT2D eigenvalue weighted by Gasteiger charge is -2.16. The molecule has 0 saturated heterocycles. The molecule has 5 heteroatoms. The summed E-state index contributed by atoms with van der Waals surface area (Å²) < 4.78 is 7.68. The largest absolute Gasteiger partial charge is 0.487 e. The predicted molar refractivity (Wildman–Crippen MR) is 88.0 cm³/mol. The summed E-state index contributed by atoms with van der Waals surface area (Å²) >= 11 is 8.27. The zero-order chi connectivity index (χ0) is 14.5. The molecular formula is C15H12Br2O2S. The zero-order valence-electron chi connectivity index (χ0n) is 11.0. The molecule has 1 aromatic carbocycles. The fourth-order valence-corrected chi connectivity index (χ4v) is 4.35. The van der Waals surface area contributed by atoms with Crippen molar-refractivity contribution in [1.29, 1.82) is 0 Å². The molecule has 0 atom stereocenters. The van der Waals surface area contributed by atoms with Gasteiger partial charge in [-0.3, -0.25) is 4.79 Å². The third-order valence-electron chi connectivity index (χ3n) is 3.19. The summed E-state index contributed by atoms with van der Waals surface area (Å²) in [4.78, 5) is 13.2. The average Bonchev–Trinajstić information content (AvgIpc) is 2.86. The van der Waals surface area contributed by atoms with E-state index in [4.69, 9.17) is 4.74 Å². The number of carbonyl (C=O) groups is 1. The highest BCUT2D eigenvalue weighted by Gasteiger charge is 2.30. The molecule has 0 amide bonds. The van der Waals surface area contributed by atoms with Gasteiger partial charge >= 0.3 is 0 Å². The van der Waals surface area contributed by atoms with Crippen molar-refractivity contribution in [3.63, 3.8) is 0 Å². The maximum atomic E-state index is 12.5. The van der Waals surface area contributed by atoms with Gasteiger partial charge in [-0.05, 0) is 75.5 Å². The summed E-state index contributed by atoms with van der Waals surface area (Å²) in [6.45, 7) is 4.12. The first kappa shape index (κ1) is 14.3. The highest BCUT2D eigenvalue weighted by atomic mass is 79.9. The van der Waals surface area contributed by atoms with Crippen molar-refractivity contribution in [2.24, 2.45) is 0 Å². The molecule has 1 aromatic heterocycles. The molecule has 0 saturated carbocycles. The van der Waals surface area contributed by atoms with Crippen LogP contribution in [0, 0.1) is 0 Å². The van der Waals surface area contributed by atoms with E-state index in [1.165, 1.54) is 11.3 Å². The number of rotatable bonds is 2. The molecule has 1 aliphatic rings. The fourth-order valence-electron chi connectivity index (χ4n) is 2.35. The smallest absolute Gasteiger partial charge is 0.203 e. The van der Waals surface area contributed by atoms with Crippen LogP contribution < -0.4 is 4.74 Å². The van der Waals surface area contributed by atoms with Crippen LogP contribution in [0.2, 0.25) is 0 Å². The first-order valence-electron chi connectivity index (χ1n) is 6.17. The van der Waals surface area contributed by atoms with Crippen LogP contribution in [0.15, 0.2) is 32.5 Å². The summed E-state index contributed by atoms with van der Waals surface area (Å²) in [5, 5.41) is 0. The van der Waals surface area contributed by atoms with Crippen molar-refractivity contribution in [3.05, 3.63) is 48.5 Å². The first-order chi connectivity index (χ1) is 9.35. The van der Waals surface area contributed by atoms with Crippen molar-refractivity contribution >= 4 is 49.0 Å². The minimum absolute atomic E-state index is 0.0499. The van der Waals surface area contributed by atoms with E-state index in [0.717, 1.165) is 30.9 Å². The Balaban J connectivity index is 1.95. The first-order valence-corrected chi connectivity index (χ1v) is 8.57. The predicted octanol–water partition coefficient (Wildman–Crippen LogP) is 5.22. The topological polar surface area (TPSA) is 26.3 Å². The number of ketones is 1. The van der Waals surface area contributed by atoms with E-state index in [2.05, 4.69) is 45.7 Å². The summed E-state index contributed by atoms with van der Waals surface area (Å²) in [6.07, 6.45) is 0.835. The molecule has 0 spiro atoms. The fraction of sp³-hybridized carbons (Fsp3) is 0.267. The van der Waals surface area contributed by atoms with E-state index in [0.29, 0.717) is 5.56 Å². The number of hydrogen-bond acceptors (Lipinski definition) is 3. The van der Waals surface area contributed by atoms with Crippen LogP contribution in [0.5, 0.6) is 5.75 Å². The normalized spacial score (nSPS) is 15.8. The minimum atomic E-state index is -0.182. The highest BCUT2D eigenvalue weighted by molar-refractivity contribution is 9.13. The van der Waals surface area contributed by atoms with Crippen LogP contribution in [-0.4, -0.2) is 11.4 Å². The second-order valence-corrected chi connectivity index (χ2v) is 8.65. The SMILES string of the molecule is CC1(C)Cc2cc(C(=O)c3cc(Br)c(Br)s3)ccc2O1. The van der Waals surface area contributed by atoms with Crippen LogP contribution in [0.3, 0.4) is 0 Å². The van der Waals surface area contributed by atoms with Gasteiger partial charge in [0.2, 0.25) is 5.78 Å². The average molecular weight is 416 g/mol. The van der Waals surface area contributed by atoms with E-state index in [1.807, 2.05) is 24.3 Å². The lowest BCUT2D eigenvalue weighted by Crippen LogP contribution is -2.24. The third-order valence-corrected chi connectivity index (χ3v) is 6.45. The molecule has 0 bridgehead atoms. The lowest BCUT2D eigenvalue weighted by molar-refractivity contribution is 0.104. The standard InChI is InChI=1S/C15H12Br2O2S/c1-15(2)7-9-5-8(3-4-11(9)19-15)13(18)12-6-10(16)14(17)20-12/h3-6H,7H2,1-2H3. The van der Waals surface area contributed by atoms with E-state index < -0.39 is 0 Å². The number of halogens is 2. The molecule has 20 heavy (non-hydrogen) atoms. The van der Waals surface area contributed by atoms with Crippen molar-refractivity contribution in [1.82, 2.24) is 0 Å². The van der Waals surface area contributed by atoms with Gasteiger partial charge in [0.05, 0.1) is 8.66 Å². The number of benzene rings is 1. The van der Waals surface area contributed by atoms with Gasteiger partial charge in [0.15, 0.2) is 0 Å². The van der Waals surface area contributed by atoms with Gasteiger partial charge in [-0.15, -0.1) is 11.3 Å². The summed E-state index contributed by atoms with van der Waals surface area (Å²) in [5.74, 6) is 0.939. The molecule has 0 aliphatic carbocycles. The number of ether oxygens (including phenoxy) is 1. The van der Waals surface area contributed by atoms with Gasteiger partial charge < -0.3 is 4.74 Å². The van der Waals surface area contributed by atoms with Crippen LogP contribution >= 0.6 is 43.2 Å². The Morgan fingerprint density at radius 3 is 2.70 bits per heavy atom. The van der Waals surface area contributed by atoms with Crippen molar-refractivity contribution in [2.75, 3.05) is 0 Å². The van der Waals surface area contributed by atoms with Gasteiger partial charge in [-0.2, -0.15) is 0 Å². The Morgan fingerprint density at radius 1 is 1.30 bits per heavy atom. The van der Waals surface area contributed by atoms with E-state index in [9.17, 15) is 4.79 Å². The van der Waals surface area contributed by atoms with Gasteiger partial charge in [-0.25, -0.2) is 0 Å². The highest BCUT2D eigenvalue weighted by Crippen LogP contribution is 2.37. The molecule has 2 nitrogen and oxygen atoms in total. The molecular weight excluding hydrogens is 404 g/mol. The second kappa shape index (κ2) is 4.97. The number of hydrogen-bond donors (Lipinski definition) is 0. The van der Waals surface area contributed by atoms with Crippen LogP contribution in [-0.2, 0) is 6.42 Å². The molecule has 2 aromatic rings. The monoisotopic (exact) mass is 414 g/mol. The Labute approximate surface area is 138 Å². The van der Waals surface area contributed by atoms with Crippen LogP contribution in [0.4, 0.5) is 0 Å². The summed E-state index contributed by atoms with van der Waals surface area (Å²) in [6, 6.07) is 7.54. The van der Waals surface area contributed by atoms with Gasteiger partial charge in [0.25, 0.3) is 0 Å². The van der Waals surface area contributed by atoms with Crippen molar-refractivity contribution in [3.8, 4) is 5.75 Å². The van der Waals surface area contributed by atoms with Crippen LogP contribution in [0.1, 0.15) is 34.6 Å². The maximum absolute atomic E-state index is 12.5. The zero-order valence-corrected chi connectivity index (χ0v) is 15.0. The van der Waals surface area contributed by atoms with E-state index in [-0.39, 0.29) is 11.4 Å². The lowest BCUT2D eigenvalue weighted by atomic mass is 9.99. The van der Waals surface area contributed by atoms with Gasteiger partial charge in [0.1, 0.15) is 11.4 Å². The number of thiophene rings is 1. The number of fused-ring (bicyclic) bond motifs is 1. The molecule has 0 unspecified atom stereocenters. The summed E-state index contributed by atoms with van der Waals surface area (Å²) in [7, 11) is 0. The van der Waals surface area contributed by atoms with Crippen molar-refractivity contribution < 1.29 is 9.53 Å². The Kier molecular flexibility index (Phi) is 3.55. The van der Waals surface area contributed by atoms with Crippen molar-refractivity contribution in [2.45, 2.75) is 25.9 Å². The molecule has 3 rings (SSSR count). The summed E-state index contributed by atoms with van der Waals surface area (Å²) in [5.41, 5.74) is 1.64. The molecule has 0 fully saturated rings. The Bertz CT molecular complexity index is 684.